The molecule has 0 heterocycles. The fourth-order valence-electron chi connectivity index (χ4n) is 2.29. The van der Waals surface area contributed by atoms with E-state index in [2.05, 4.69) is 5.32 Å². The summed E-state index contributed by atoms with van der Waals surface area (Å²) in [5, 5.41) is 14.0. The monoisotopic (exact) mass is 404 g/mol. The van der Waals surface area contributed by atoms with Crippen LogP contribution >= 0.6 is 11.6 Å². The molecule has 28 heavy (non-hydrogen) atoms. The molecule has 1 N–H and O–H groups in total. The molecule has 0 unspecified atom stereocenters. The predicted molar refractivity (Wildman–Crippen MR) is 102 cm³/mol. The van der Waals surface area contributed by atoms with Crippen LogP contribution in [0, 0.1) is 17.0 Å². The molecule has 146 valence electrons. The number of nitrogens with one attached hydrogen (secondary N) is 1. The number of rotatable bonds is 8. The number of esters is 1. The van der Waals surface area contributed by atoms with Gasteiger partial charge in [-0.3, -0.25) is 24.5 Å². The topological polar surface area (TPSA) is 116 Å². The third-order valence-electron chi connectivity index (χ3n) is 3.76. The van der Waals surface area contributed by atoms with E-state index in [1.807, 2.05) is 0 Å². The highest BCUT2D eigenvalue weighted by molar-refractivity contribution is 6.30. The van der Waals surface area contributed by atoms with Crippen LogP contribution in [0.25, 0.3) is 0 Å². The van der Waals surface area contributed by atoms with Crippen molar-refractivity contribution in [2.24, 2.45) is 0 Å². The smallest absolute Gasteiger partial charge is 0.306 e. The van der Waals surface area contributed by atoms with Crippen LogP contribution in [-0.2, 0) is 14.3 Å². The summed E-state index contributed by atoms with van der Waals surface area (Å²) in [7, 11) is 0. The Bertz CT molecular complexity index is 928. The van der Waals surface area contributed by atoms with Crippen molar-refractivity contribution in [3.05, 3.63) is 68.7 Å². The minimum Gasteiger partial charge on any atom is -0.457 e. The van der Waals surface area contributed by atoms with Crippen LogP contribution in [0.1, 0.15) is 28.8 Å². The first-order chi connectivity index (χ1) is 13.3. The number of Topliss-reactive ketones (excluding diaryl/α,β-unsaturated/α-hetero) is 1. The van der Waals surface area contributed by atoms with Gasteiger partial charge in [-0.15, -0.1) is 0 Å². The van der Waals surface area contributed by atoms with Gasteiger partial charge in [0.05, 0.1) is 11.3 Å². The van der Waals surface area contributed by atoms with Gasteiger partial charge in [-0.05, 0) is 25.1 Å². The highest BCUT2D eigenvalue weighted by Gasteiger charge is 2.16. The number of amides is 1. The average molecular weight is 405 g/mol. The SMILES string of the molecule is Cc1ccc(C(=O)COC(=O)CCC(=O)Nc2cccc(Cl)c2)cc1[N+](=O)[O-]. The number of aryl methyl sites for hydroxylation is 1. The molecule has 0 atom stereocenters. The van der Waals surface area contributed by atoms with Gasteiger partial charge in [-0.25, -0.2) is 0 Å². The van der Waals surface area contributed by atoms with Crippen molar-refractivity contribution in [2.45, 2.75) is 19.8 Å². The molecule has 0 saturated carbocycles. The second-order valence-electron chi connectivity index (χ2n) is 5.90. The van der Waals surface area contributed by atoms with Crippen molar-refractivity contribution in [3.63, 3.8) is 0 Å². The van der Waals surface area contributed by atoms with Crippen LogP contribution in [0.5, 0.6) is 0 Å². The van der Waals surface area contributed by atoms with E-state index in [4.69, 9.17) is 16.3 Å². The van der Waals surface area contributed by atoms with Gasteiger partial charge in [0.2, 0.25) is 11.7 Å². The lowest BCUT2D eigenvalue weighted by Gasteiger charge is -2.07. The third kappa shape index (κ3) is 6.17. The van der Waals surface area contributed by atoms with Crippen LogP contribution in [0.2, 0.25) is 5.02 Å². The maximum absolute atomic E-state index is 12.1. The summed E-state index contributed by atoms with van der Waals surface area (Å²) >= 11 is 5.82. The molecular formula is C19H17ClN2O6. The number of hydrogen-bond acceptors (Lipinski definition) is 6. The first kappa shape index (κ1) is 21.0. The van der Waals surface area contributed by atoms with Crippen LogP contribution in [-0.4, -0.2) is 29.2 Å². The third-order valence-corrected chi connectivity index (χ3v) is 3.99. The summed E-state index contributed by atoms with van der Waals surface area (Å²) in [5.74, 6) is -1.70. The van der Waals surface area contributed by atoms with Gasteiger partial charge in [0.15, 0.2) is 6.61 Å². The van der Waals surface area contributed by atoms with Crippen LogP contribution in [0.3, 0.4) is 0 Å². The molecule has 1 amide bonds. The molecule has 0 spiro atoms. The number of halogens is 1. The fourth-order valence-corrected chi connectivity index (χ4v) is 2.48. The van der Waals surface area contributed by atoms with E-state index < -0.39 is 29.2 Å². The molecule has 0 bridgehead atoms. The van der Waals surface area contributed by atoms with E-state index in [0.717, 1.165) is 6.07 Å². The summed E-state index contributed by atoms with van der Waals surface area (Å²) in [4.78, 5) is 46.0. The lowest BCUT2D eigenvalue weighted by atomic mass is 10.1. The Labute approximate surface area is 165 Å². The number of nitro benzene ring substituents is 1. The highest BCUT2D eigenvalue weighted by Crippen LogP contribution is 2.19. The van der Waals surface area contributed by atoms with Gasteiger partial charge < -0.3 is 10.1 Å². The Kier molecular flexibility index (Phi) is 7.22. The Balaban J connectivity index is 1.80. The summed E-state index contributed by atoms with van der Waals surface area (Å²) in [5.41, 5.74) is 0.810. The number of anilines is 1. The summed E-state index contributed by atoms with van der Waals surface area (Å²) < 4.78 is 4.85. The zero-order valence-electron chi connectivity index (χ0n) is 14.9. The predicted octanol–water partition coefficient (Wildman–Crippen LogP) is 3.70. The molecule has 0 aliphatic rings. The first-order valence-corrected chi connectivity index (χ1v) is 8.63. The second kappa shape index (κ2) is 9.61. The van der Waals surface area contributed by atoms with Gasteiger partial charge in [0.25, 0.3) is 5.69 Å². The number of ether oxygens (including phenoxy) is 1. The zero-order valence-corrected chi connectivity index (χ0v) is 15.7. The minimum absolute atomic E-state index is 0.0730. The van der Waals surface area contributed by atoms with Gasteiger partial charge in [-0.1, -0.05) is 29.8 Å². The molecular weight excluding hydrogens is 388 g/mol. The van der Waals surface area contributed by atoms with Crippen molar-refractivity contribution < 1.29 is 24.0 Å². The van der Waals surface area contributed by atoms with Gasteiger partial charge >= 0.3 is 5.97 Å². The molecule has 0 aliphatic heterocycles. The van der Waals surface area contributed by atoms with E-state index >= 15 is 0 Å². The van der Waals surface area contributed by atoms with Crippen molar-refractivity contribution >= 4 is 40.6 Å². The van der Waals surface area contributed by atoms with Crippen molar-refractivity contribution in [1.82, 2.24) is 0 Å². The molecule has 0 fully saturated rings. The highest BCUT2D eigenvalue weighted by atomic mass is 35.5. The largest absolute Gasteiger partial charge is 0.457 e. The van der Waals surface area contributed by atoms with E-state index in [1.165, 1.54) is 12.1 Å². The standard InChI is InChI=1S/C19H17ClN2O6/c1-12-5-6-13(9-16(12)22(26)27)17(23)11-28-19(25)8-7-18(24)21-15-4-2-3-14(20)10-15/h2-6,9-10H,7-8,11H2,1H3,(H,21,24). The van der Waals surface area contributed by atoms with Crippen molar-refractivity contribution in [2.75, 3.05) is 11.9 Å². The Morgan fingerprint density at radius 1 is 1.14 bits per heavy atom. The zero-order chi connectivity index (χ0) is 20.7. The maximum atomic E-state index is 12.1. The number of nitro groups is 1. The lowest BCUT2D eigenvalue weighted by molar-refractivity contribution is -0.385. The number of carbonyl (C=O) groups excluding carboxylic acids is 3. The van der Waals surface area contributed by atoms with E-state index in [-0.39, 0.29) is 24.1 Å². The summed E-state index contributed by atoms with van der Waals surface area (Å²) in [6.07, 6.45) is -0.344. The van der Waals surface area contributed by atoms with Crippen LogP contribution < -0.4 is 5.32 Å². The van der Waals surface area contributed by atoms with Crippen LogP contribution in [0.4, 0.5) is 11.4 Å². The molecule has 0 aromatic heterocycles. The Morgan fingerprint density at radius 3 is 2.57 bits per heavy atom. The molecule has 2 aromatic carbocycles. The van der Waals surface area contributed by atoms with Gasteiger partial charge in [-0.2, -0.15) is 0 Å². The lowest BCUT2D eigenvalue weighted by Crippen LogP contribution is -2.17. The number of carbonyl (C=O) groups is 3. The van der Waals surface area contributed by atoms with Gasteiger partial charge in [0, 0.05) is 34.3 Å². The molecule has 2 rings (SSSR count). The Hall–Kier alpha value is -3.26. The van der Waals surface area contributed by atoms with Gasteiger partial charge in [0.1, 0.15) is 0 Å². The summed E-state index contributed by atoms with van der Waals surface area (Å²) in [6.45, 7) is 0.996. The molecule has 0 radical (unpaired) electrons. The fraction of sp³-hybridized carbons (Fsp3) is 0.211. The number of ketones is 1. The molecule has 2 aromatic rings. The van der Waals surface area contributed by atoms with E-state index in [1.54, 1.807) is 31.2 Å². The van der Waals surface area contributed by atoms with E-state index in [9.17, 15) is 24.5 Å². The number of hydrogen-bond donors (Lipinski definition) is 1. The molecule has 0 saturated heterocycles. The first-order valence-electron chi connectivity index (χ1n) is 8.25. The molecule has 0 aliphatic carbocycles. The minimum atomic E-state index is -0.726. The van der Waals surface area contributed by atoms with E-state index in [0.29, 0.717) is 16.3 Å². The quantitative estimate of drug-likeness (QED) is 0.310. The number of benzene rings is 2. The Morgan fingerprint density at radius 2 is 1.89 bits per heavy atom. The maximum Gasteiger partial charge on any atom is 0.306 e. The second-order valence-corrected chi connectivity index (χ2v) is 6.34. The van der Waals surface area contributed by atoms with Crippen LogP contribution in [0.15, 0.2) is 42.5 Å². The summed E-state index contributed by atoms with van der Waals surface area (Å²) in [6, 6.07) is 10.6. The molecule has 9 heteroatoms. The van der Waals surface area contributed by atoms with Crippen molar-refractivity contribution in [3.8, 4) is 0 Å². The van der Waals surface area contributed by atoms with Crippen molar-refractivity contribution in [1.29, 1.82) is 0 Å². The average Bonchev–Trinajstić information content (AvgIpc) is 2.64. The normalized spacial score (nSPS) is 10.2. The number of nitrogens with zero attached hydrogens (tertiary/aromatic N) is 1. The molecule has 8 nitrogen and oxygen atoms in total.